The summed E-state index contributed by atoms with van der Waals surface area (Å²) in [5.41, 5.74) is 6.63. The number of aliphatic hydroxyl groups is 1. The first-order valence-electron chi connectivity index (χ1n) is 13.3. The summed E-state index contributed by atoms with van der Waals surface area (Å²) < 4.78 is 0. The number of primary amides is 1. The van der Waals surface area contributed by atoms with E-state index >= 15 is 0 Å². The average molecular weight is 448 g/mol. The molecule has 4 nitrogen and oxygen atoms in total. The van der Waals surface area contributed by atoms with E-state index in [1.807, 2.05) is 0 Å². The van der Waals surface area contributed by atoms with Gasteiger partial charge in [-0.05, 0) is 97.7 Å². The van der Waals surface area contributed by atoms with E-state index in [0.29, 0.717) is 10.8 Å². The Labute approximate surface area is 196 Å². The van der Waals surface area contributed by atoms with Gasteiger partial charge in [-0.1, -0.05) is 65.5 Å². The molecule has 32 heavy (non-hydrogen) atoms. The molecule has 0 aromatic carbocycles. The van der Waals surface area contributed by atoms with Gasteiger partial charge < -0.3 is 15.9 Å². The number of carboxylic acid groups (broad SMARTS) is 1. The number of fused-ring (bicyclic) bond motifs is 5. The van der Waals surface area contributed by atoms with Crippen LogP contribution in [0.3, 0.4) is 0 Å². The Kier molecular flexibility index (Phi) is 8.06. The maximum absolute atomic E-state index is 10.2. The molecule has 184 valence electrons. The highest BCUT2D eigenvalue weighted by Gasteiger charge is 2.59. The molecule has 1 amide bonds. The molecule has 8 atom stereocenters. The molecule has 4 heteroatoms. The van der Waals surface area contributed by atoms with Crippen molar-refractivity contribution in [2.75, 3.05) is 0 Å². The maximum Gasteiger partial charge on any atom is 0.402 e. The van der Waals surface area contributed by atoms with E-state index in [0.717, 1.165) is 48.3 Å². The zero-order valence-corrected chi connectivity index (χ0v) is 21.3. The number of aliphatic hydroxyl groups excluding tert-OH is 1. The summed E-state index contributed by atoms with van der Waals surface area (Å²) in [6.07, 6.45) is 15.8. The van der Waals surface area contributed by atoms with Crippen molar-refractivity contribution >= 4 is 6.09 Å². The normalized spacial score (nSPS) is 41.5. The van der Waals surface area contributed by atoms with E-state index in [2.05, 4.69) is 46.4 Å². The molecule has 0 heterocycles. The number of hydrogen-bond acceptors (Lipinski definition) is 2. The van der Waals surface area contributed by atoms with Crippen molar-refractivity contribution in [3.8, 4) is 0 Å². The number of hydrogen-bond donors (Lipinski definition) is 3. The molecule has 4 rings (SSSR count). The Morgan fingerprint density at radius 3 is 2.44 bits per heavy atom. The van der Waals surface area contributed by atoms with Crippen LogP contribution in [0.4, 0.5) is 4.79 Å². The lowest BCUT2D eigenvalue weighted by Crippen LogP contribution is -2.50. The van der Waals surface area contributed by atoms with E-state index in [1.165, 1.54) is 57.8 Å². The van der Waals surface area contributed by atoms with E-state index in [1.54, 1.807) is 5.57 Å². The van der Waals surface area contributed by atoms with Crippen LogP contribution in [0.15, 0.2) is 11.6 Å². The molecule has 0 saturated heterocycles. The van der Waals surface area contributed by atoms with Gasteiger partial charge in [-0.2, -0.15) is 0 Å². The van der Waals surface area contributed by atoms with Gasteiger partial charge >= 0.3 is 6.09 Å². The summed E-state index contributed by atoms with van der Waals surface area (Å²) in [7, 11) is 0. The molecule has 4 aliphatic rings. The summed E-state index contributed by atoms with van der Waals surface area (Å²) in [5.74, 6) is 5.46. The van der Waals surface area contributed by atoms with Crippen LogP contribution in [0.1, 0.15) is 105 Å². The SMILES string of the molecule is CC(C)CCCC(C)[C@H]1CC[C@H]2[C@@H]3CC=C4C[C@@H](O)CC[C@]4(C)[C@H]3CC[C@]12C.NC(=O)O. The van der Waals surface area contributed by atoms with Crippen LogP contribution in [-0.4, -0.2) is 22.4 Å². The zero-order valence-electron chi connectivity index (χ0n) is 21.3. The minimum Gasteiger partial charge on any atom is -0.465 e. The summed E-state index contributed by atoms with van der Waals surface area (Å²) in [6.45, 7) is 12.6. The third-order valence-electron chi connectivity index (χ3n) is 10.3. The fourth-order valence-electron chi connectivity index (χ4n) is 8.67. The van der Waals surface area contributed by atoms with Gasteiger partial charge in [0.05, 0.1) is 6.10 Å². The Morgan fingerprint density at radius 2 is 1.78 bits per heavy atom. The molecule has 3 fully saturated rings. The molecule has 0 aromatic heterocycles. The minimum atomic E-state index is -1.33. The molecule has 3 saturated carbocycles. The number of carbonyl (C=O) groups is 1. The van der Waals surface area contributed by atoms with Gasteiger partial charge in [-0.3, -0.25) is 0 Å². The number of amides is 1. The average Bonchev–Trinajstić information content (AvgIpc) is 3.05. The lowest BCUT2D eigenvalue weighted by atomic mass is 9.47. The van der Waals surface area contributed by atoms with Crippen molar-refractivity contribution in [3.05, 3.63) is 11.6 Å². The third-order valence-corrected chi connectivity index (χ3v) is 10.3. The highest BCUT2D eigenvalue weighted by Crippen LogP contribution is 2.67. The van der Waals surface area contributed by atoms with Crippen LogP contribution in [0.25, 0.3) is 0 Å². The monoisotopic (exact) mass is 447 g/mol. The topological polar surface area (TPSA) is 83.5 Å². The molecule has 0 aromatic rings. The van der Waals surface area contributed by atoms with Gasteiger partial charge in [0.1, 0.15) is 0 Å². The fourth-order valence-corrected chi connectivity index (χ4v) is 8.67. The number of rotatable bonds is 5. The quantitative estimate of drug-likeness (QED) is 0.396. The van der Waals surface area contributed by atoms with Gasteiger partial charge in [0, 0.05) is 0 Å². The first-order chi connectivity index (χ1) is 15.0. The standard InChI is InChI=1S/C27H46O.CH3NO2/c1-18(2)7-6-8-19(3)23-11-12-24-22-10-9-20-17-21(28)13-15-26(20,4)25(22)14-16-27(23,24)5;2-1(3)4/h9,18-19,21-25,28H,6-8,10-17H2,1-5H3;2H2,(H,3,4)/t19?,21-,22-,23+,24-,25-,26-,27+;/m0./s1. The van der Waals surface area contributed by atoms with Crippen molar-refractivity contribution in [1.82, 2.24) is 0 Å². The Bertz CT molecular complexity index is 684. The number of allylic oxidation sites excluding steroid dienone is 1. The number of nitrogens with two attached hydrogens (primary N) is 1. The van der Waals surface area contributed by atoms with E-state index in [9.17, 15) is 5.11 Å². The van der Waals surface area contributed by atoms with Gasteiger partial charge in [0.25, 0.3) is 0 Å². The maximum atomic E-state index is 10.2. The van der Waals surface area contributed by atoms with Gasteiger partial charge in [-0.15, -0.1) is 0 Å². The smallest absolute Gasteiger partial charge is 0.402 e. The van der Waals surface area contributed by atoms with Crippen LogP contribution in [0.2, 0.25) is 0 Å². The molecule has 0 radical (unpaired) electrons. The first kappa shape index (κ1) is 25.6. The second kappa shape index (κ2) is 10.1. The largest absolute Gasteiger partial charge is 0.465 e. The van der Waals surface area contributed by atoms with Crippen molar-refractivity contribution in [1.29, 1.82) is 0 Å². The summed E-state index contributed by atoms with van der Waals surface area (Å²) >= 11 is 0. The van der Waals surface area contributed by atoms with E-state index < -0.39 is 6.09 Å². The summed E-state index contributed by atoms with van der Waals surface area (Å²) in [4.78, 5) is 8.78. The first-order valence-corrected chi connectivity index (χ1v) is 13.3. The summed E-state index contributed by atoms with van der Waals surface area (Å²) in [6, 6.07) is 0. The molecular formula is C28H49NO3. The van der Waals surface area contributed by atoms with Crippen molar-refractivity contribution in [2.45, 2.75) is 111 Å². The van der Waals surface area contributed by atoms with Crippen LogP contribution in [0, 0.1) is 46.3 Å². The predicted molar refractivity (Wildman–Crippen MR) is 131 cm³/mol. The van der Waals surface area contributed by atoms with Crippen LogP contribution < -0.4 is 5.73 Å². The minimum absolute atomic E-state index is 0.0766. The molecule has 4 aliphatic carbocycles. The van der Waals surface area contributed by atoms with Crippen LogP contribution in [-0.2, 0) is 0 Å². The third kappa shape index (κ3) is 5.05. The fraction of sp³-hybridized carbons (Fsp3) is 0.893. The van der Waals surface area contributed by atoms with Crippen molar-refractivity contribution < 1.29 is 15.0 Å². The van der Waals surface area contributed by atoms with Crippen LogP contribution in [0.5, 0.6) is 0 Å². The highest BCUT2D eigenvalue weighted by atomic mass is 16.4. The lowest BCUT2D eigenvalue weighted by Gasteiger charge is -2.58. The Morgan fingerprint density at radius 1 is 1.09 bits per heavy atom. The molecule has 1 unspecified atom stereocenters. The highest BCUT2D eigenvalue weighted by molar-refractivity contribution is 5.61. The van der Waals surface area contributed by atoms with E-state index in [-0.39, 0.29) is 6.10 Å². The van der Waals surface area contributed by atoms with Crippen molar-refractivity contribution in [3.63, 3.8) is 0 Å². The molecular weight excluding hydrogens is 398 g/mol. The zero-order chi connectivity index (χ0) is 23.7. The van der Waals surface area contributed by atoms with Gasteiger partial charge in [0.15, 0.2) is 0 Å². The molecule has 0 aliphatic heterocycles. The molecule has 4 N–H and O–H groups in total. The van der Waals surface area contributed by atoms with E-state index in [4.69, 9.17) is 9.90 Å². The Balaban J connectivity index is 0.000000668. The van der Waals surface area contributed by atoms with Crippen molar-refractivity contribution in [2.24, 2.45) is 52.1 Å². The lowest BCUT2D eigenvalue weighted by molar-refractivity contribution is -0.0573. The second-order valence-electron chi connectivity index (χ2n) is 12.5. The molecule has 0 bridgehead atoms. The van der Waals surface area contributed by atoms with Crippen LogP contribution >= 0.6 is 0 Å². The second-order valence-corrected chi connectivity index (χ2v) is 12.5. The van der Waals surface area contributed by atoms with Gasteiger partial charge in [0.2, 0.25) is 0 Å². The summed E-state index contributed by atoms with van der Waals surface area (Å²) in [5, 5.41) is 17.4. The Hall–Kier alpha value is -1.03. The molecule has 0 spiro atoms. The predicted octanol–water partition coefficient (Wildman–Crippen LogP) is 7.01. The van der Waals surface area contributed by atoms with Gasteiger partial charge in [-0.25, -0.2) is 4.79 Å².